The SMILES string of the molecule is C=CC(C)NCc1ccc(-c2ccccc2)s1. The molecule has 0 radical (unpaired) electrons. The molecule has 88 valence electrons. The average Bonchev–Trinajstić information content (AvgIpc) is 2.86. The fraction of sp³-hybridized carbons (Fsp3) is 0.200. The van der Waals surface area contributed by atoms with Gasteiger partial charge in [-0.2, -0.15) is 0 Å². The zero-order chi connectivity index (χ0) is 12.1. The van der Waals surface area contributed by atoms with Crippen LogP contribution in [0.2, 0.25) is 0 Å². The lowest BCUT2D eigenvalue weighted by atomic mass is 10.2. The Morgan fingerprint density at radius 2 is 2.00 bits per heavy atom. The van der Waals surface area contributed by atoms with Crippen molar-refractivity contribution in [2.75, 3.05) is 0 Å². The molecule has 1 aromatic carbocycles. The molecule has 0 aliphatic rings. The fourth-order valence-electron chi connectivity index (χ4n) is 1.58. The summed E-state index contributed by atoms with van der Waals surface area (Å²) in [5.74, 6) is 0. The molecular weight excluding hydrogens is 226 g/mol. The fourth-order valence-corrected chi connectivity index (χ4v) is 2.54. The molecule has 0 saturated heterocycles. The van der Waals surface area contributed by atoms with E-state index in [4.69, 9.17) is 0 Å². The van der Waals surface area contributed by atoms with Gasteiger partial charge in [-0.1, -0.05) is 36.4 Å². The van der Waals surface area contributed by atoms with Gasteiger partial charge in [0.1, 0.15) is 0 Å². The molecule has 0 aliphatic carbocycles. The van der Waals surface area contributed by atoms with E-state index in [1.165, 1.54) is 15.3 Å². The first-order valence-corrected chi connectivity index (χ1v) is 6.61. The smallest absolute Gasteiger partial charge is 0.0346 e. The topological polar surface area (TPSA) is 12.0 Å². The van der Waals surface area contributed by atoms with Gasteiger partial charge in [0.2, 0.25) is 0 Å². The highest BCUT2D eigenvalue weighted by Crippen LogP contribution is 2.27. The van der Waals surface area contributed by atoms with Gasteiger partial charge < -0.3 is 5.32 Å². The van der Waals surface area contributed by atoms with Crippen molar-refractivity contribution in [3.05, 3.63) is 60.0 Å². The summed E-state index contributed by atoms with van der Waals surface area (Å²) < 4.78 is 0. The van der Waals surface area contributed by atoms with E-state index < -0.39 is 0 Å². The second-order valence-corrected chi connectivity index (χ2v) is 5.21. The summed E-state index contributed by atoms with van der Waals surface area (Å²) in [5, 5.41) is 3.41. The van der Waals surface area contributed by atoms with Crippen molar-refractivity contribution in [3.63, 3.8) is 0 Å². The summed E-state index contributed by atoms with van der Waals surface area (Å²) in [6.07, 6.45) is 1.92. The molecule has 2 heteroatoms. The minimum Gasteiger partial charge on any atom is -0.306 e. The number of thiophene rings is 1. The Morgan fingerprint density at radius 1 is 1.24 bits per heavy atom. The first-order valence-electron chi connectivity index (χ1n) is 5.79. The maximum Gasteiger partial charge on any atom is 0.0346 e. The lowest BCUT2D eigenvalue weighted by molar-refractivity contribution is 0.640. The van der Waals surface area contributed by atoms with E-state index >= 15 is 0 Å². The third kappa shape index (κ3) is 3.29. The van der Waals surface area contributed by atoms with Gasteiger partial charge in [0.25, 0.3) is 0 Å². The highest BCUT2D eigenvalue weighted by molar-refractivity contribution is 7.15. The van der Waals surface area contributed by atoms with Crippen LogP contribution in [0.5, 0.6) is 0 Å². The first kappa shape index (κ1) is 12.1. The lowest BCUT2D eigenvalue weighted by Crippen LogP contribution is -2.22. The van der Waals surface area contributed by atoms with Gasteiger partial charge in [-0.3, -0.25) is 0 Å². The van der Waals surface area contributed by atoms with Crippen LogP contribution in [0, 0.1) is 0 Å². The number of benzene rings is 1. The van der Waals surface area contributed by atoms with Crippen molar-refractivity contribution >= 4 is 11.3 Å². The second-order valence-electron chi connectivity index (χ2n) is 4.04. The predicted octanol–water partition coefficient (Wildman–Crippen LogP) is 4.08. The lowest BCUT2D eigenvalue weighted by Gasteiger charge is -2.06. The average molecular weight is 243 g/mol. The summed E-state index contributed by atoms with van der Waals surface area (Å²) in [5.41, 5.74) is 1.29. The molecule has 1 unspecified atom stereocenters. The Balaban J connectivity index is 2.04. The van der Waals surface area contributed by atoms with Crippen LogP contribution in [0.3, 0.4) is 0 Å². The van der Waals surface area contributed by atoms with E-state index in [-0.39, 0.29) is 0 Å². The van der Waals surface area contributed by atoms with Gasteiger partial charge in [-0.15, -0.1) is 17.9 Å². The second kappa shape index (κ2) is 5.80. The summed E-state index contributed by atoms with van der Waals surface area (Å²) in [6, 6.07) is 15.2. The van der Waals surface area contributed by atoms with E-state index in [9.17, 15) is 0 Å². The van der Waals surface area contributed by atoms with Gasteiger partial charge in [-0.25, -0.2) is 0 Å². The van der Waals surface area contributed by atoms with Crippen LogP contribution in [-0.2, 0) is 6.54 Å². The molecular formula is C15H17NS. The molecule has 1 atom stereocenters. The van der Waals surface area contributed by atoms with E-state index in [0.717, 1.165) is 6.54 Å². The summed E-state index contributed by atoms with van der Waals surface area (Å²) in [6.45, 7) is 6.78. The van der Waals surface area contributed by atoms with Gasteiger partial charge in [0.05, 0.1) is 0 Å². The molecule has 0 saturated carbocycles. The van der Waals surface area contributed by atoms with Crippen molar-refractivity contribution < 1.29 is 0 Å². The van der Waals surface area contributed by atoms with Crippen molar-refractivity contribution in [2.45, 2.75) is 19.5 Å². The van der Waals surface area contributed by atoms with Crippen LogP contribution in [0.1, 0.15) is 11.8 Å². The Hall–Kier alpha value is -1.38. The van der Waals surface area contributed by atoms with Crippen LogP contribution in [0.15, 0.2) is 55.1 Å². The number of nitrogens with one attached hydrogen (secondary N) is 1. The minimum absolute atomic E-state index is 0.359. The van der Waals surface area contributed by atoms with Gasteiger partial charge in [0, 0.05) is 22.3 Å². The maximum absolute atomic E-state index is 3.77. The van der Waals surface area contributed by atoms with Crippen LogP contribution in [0.4, 0.5) is 0 Å². The predicted molar refractivity (Wildman–Crippen MR) is 76.3 cm³/mol. The molecule has 0 bridgehead atoms. The zero-order valence-corrected chi connectivity index (χ0v) is 10.8. The maximum atomic E-state index is 3.77. The van der Waals surface area contributed by atoms with E-state index in [1.807, 2.05) is 23.5 Å². The third-order valence-corrected chi connectivity index (χ3v) is 3.81. The molecule has 2 rings (SSSR count). The number of rotatable bonds is 5. The Labute approximate surface area is 107 Å². The van der Waals surface area contributed by atoms with Crippen molar-refractivity contribution in [1.29, 1.82) is 0 Å². The van der Waals surface area contributed by atoms with Crippen molar-refractivity contribution in [1.82, 2.24) is 5.32 Å². The van der Waals surface area contributed by atoms with Gasteiger partial charge >= 0.3 is 0 Å². The van der Waals surface area contributed by atoms with Gasteiger partial charge in [-0.05, 0) is 24.6 Å². The molecule has 2 aromatic rings. The molecule has 17 heavy (non-hydrogen) atoms. The molecule has 1 nitrogen and oxygen atoms in total. The first-order chi connectivity index (χ1) is 8.29. The highest BCUT2D eigenvalue weighted by atomic mass is 32.1. The van der Waals surface area contributed by atoms with Crippen LogP contribution in [0.25, 0.3) is 10.4 Å². The summed E-state index contributed by atoms with van der Waals surface area (Å²) in [7, 11) is 0. The molecule has 0 amide bonds. The monoisotopic (exact) mass is 243 g/mol. The minimum atomic E-state index is 0.359. The third-order valence-electron chi connectivity index (χ3n) is 2.67. The number of hydrogen-bond acceptors (Lipinski definition) is 2. The largest absolute Gasteiger partial charge is 0.306 e. The van der Waals surface area contributed by atoms with Crippen molar-refractivity contribution in [3.8, 4) is 10.4 Å². The quantitative estimate of drug-likeness (QED) is 0.780. The van der Waals surface area contributed by atoms with Crippen LogP contribution < -0.4 is 5.32 Å². The normalized spacial score (nSPS) is 12.3. The molecule has 0 aliphatic heterocycles. The molecule has 1 heterocycles. The standard InChI is InChI=1S/C15H17NS/c1-3-12(2)16-11-14-9-10-15(17-14)13-7-5-4-6-8-13/h3-10,12,16H,1,11H2,2H3. The van der Waals surface area contributed by atoms with Gasteiger partial charge in [0.15, 0.2) is 0 Å². The van der Waals surface area contributed by atoms with E-state index in [1.54, 1.807) is 0 Å². The molecule has 1 aromatic heterocycles. The molecule has 0 fully saturated rings. The Kier molecular flexibility index (Phi) is 4.13. The molecule has 1 N–H and O–H groups in total. The molecule has 0 spiro atoms. The zero-order valence-electron chi connectivity index (χ0n) is 10.0. The summed E-state index contributed by atoms with van der Waals surface area (Å²) in [4.78, 5) is 2.69. The Morgan fingerprint density at radius 3 is 2.71 bits per heavy atom. The number of hydrogen-bond donors (Lipinski definition) is 1. The van der Waals surface area contributed by atoms with E-state index in [0.29, 0.717) is 6.04 Å². The van der Waals surface area contributed by atoms with E-state index in [2.05, 4.69) is 55.2 Å². The summed E-state index contributed by atoms with van der Waals surface area (Å²) >= 11 is 1.84. The highest BCUT2D eigenvalue weighted by Gasteiger charge is 2.03. The van der Waals surface area contributed by atoms with Crippen LogP contribution in [-0.4, -0.2) is 6.04 Å². The van der Waals surface area contributed by atoms with Crippen LogP contribution >= 0.6 is 11.3 Å². The van der Waals surface area contributed by atoms with Crippen molar-refractivity contribution in [2.24, 2.45) is 0 Å². The Bertz CT molecular complexity index is 473.